The lowest BCUT2D eigenvalue weighted by atomic mass is 9.79. The van der Waals surface area contributed by atoms with Gasteiger partial charge in [-0.2, -0.15) is 9.13 Å². The number of hydrogen-bond acceptors (Lipinski definition) is 2. The summed E-state index contributed by atoms with van der Waals surface area (Å²) in [4.78, 5) is 5.46. The molecule has 4 heteroatoms. The maximum absolute atomic E-state index is 6.86. The first-order valence-corrected chi connectivity index (χ1v) is 17.3. The van der Waals surface area contributed by atoms with Crippen LogP contribution in [0.2, 0.25) is 0 Å². The zero-order chi connectivity index (χ0) is 33.6. The molecule has 4 heterocycles. The third kappa shape index (κ3) is 4.43. The van der Waals surface area contributed by atoms with Gasteiger partial charge in [0, 0.05) is 22.3 Å². The number of aryl methyl sites for hydroxylation is 2. The van der Waals surface area contributed by atoms with Crippen LogP contribution >= 0.6 is 0 Å². The van der Waals surface area contributed by atoms with E-state index in [0.717, 1.165) is 74.3 Å². The van der Waals surface area contributed by atoms with Gasteiger partial charge in [-0.1, -0.05) is 106 Å². The highest BCUT2D eigenvalue weighted by Crippen LogP contribution is 2.45. The van der Waals surface area contributed by atoms with Gasteiger partial charge in [0.15, 0.2) is 16.6 Å². The molecule has 2 aliphatic rings. The Bertz CT molecular complexity index is 2530. The van der Waals surface area contributed by atoms with E-state index in [1.807, 2.05) is 12.1 Å². The Morgan fingerprint density at radius 1 is 0.898 bits per heavy atom. The van der Waals surface area contributed by atoms with Gasteiger partial charge in [0.1, 0.15) is 28.6 Å². The van der Waals surface area contributed by atoms with Gasteiger partial charge in [-0.25, -0.2) is 0 Å². The number of rotatable bonds is 2. The van der Waals surface area contributed by atoms with E-state index < -0.39 is 0 Å². The van der Waals surface area contributed by atoms with Crippen molar-refractivity contribution >= 4 is 44.4 Å². The van der Waals surface area contributed by atoms with E-state index in [4.69, 9.17) is 16.0 Å². The Morgan fingerprint density at radius 3 is 2.47 bits per heavy atom. The van der Waals surface area contributed by atoms with Crippen molar-refractivity contribution in [2.75, 3.05) is 0 Å². The number of imidazole rings is 1. The van der Waals surface area contributed by atoms with Crippen LogP contribution in [0.4, 0.5) is 0 Å². The van der Waals surface area contributed by atoms with Crippen molar-refractivity contribution in [3.63, 3.8) is 0 Å². The van der Waals surface area contributed by atoms with Gasteiger partial charge in [0.2, 0.25) is 0 Å². The van der Waals surface area contributed by atoms with E-state index in [-0.39, 0.29) is 17.4 Å². The van der Waals surface area contributed by atoms with E-state index in [1.54, 1.807) is 0 Å². The Morgan fingerprint density at radius 2 is 1.67 bits per heavy atom. The first-order chi connectivity index (χ1) is 23.7. The molecule has 2 aliphatic heterocycles. The molecule has 0 saturated heterocycles. The van der Waals surface area contributed by atoms with Gasteiger partial charge in [-0.05, 0) is 84.3 Å². The van der Waals surface area contributed by atoms with Crippen LogP contribution in [0.5, 0.6) is 0 Å². The third-order valence-corrected chi connectivity index (χ3v) is 10.7. The van der Waals surface area contributed by atoms with Crippen LogP contribution in [0.25, 0.3) is 55.7 Å². The second-order valence-electron chi connectivity index (χ2n) is 14.7. The molecule has 5 aromatic carbocycles. The summed E-state index contributed by atoms with van der Waals surface area (Å²) >= 11 is 0. The number of allylic oxidation sites excluding steroid dienone is 1. The second-order valence-corrected chi connectivity index (χ2v) is 14.7. The normalized spacial score (nSPS) is 17.5. The minimum atomic E-state index is -0.171. The molecule has 0 radical (unpaired) electrons. The fraction of sp³-hybridized carbons (Fsp3) is 0.200. The number of benzene rings is 5. The fourth-order valence-electron chi connectivity index (χ4n) is 8.26. The number of aromatic nitrogens is 2. The van der Waals surface area contributed by atoms with E-state index in [9.17, 15) is 0 Å². The zero-order valence-corrected chi connectivity index (χ0v) is 28.6. The number of fused-ring (bicyclic) bond motifs is 12. The molecular formula is C45H40N3O+. The van der Waals surface area contributed by atoms with E-state index in [0.29, 0.717) is 0 Å². The van der Waals surface area contributed by atoms with Crippen molar-refractivity contribution in [2.24, 2.45) is 4.99 Å². The summed E-state index contributed by atoms with van der Waals surface area (Å²) in [6.07, 6.45) is 3.70. The summed E-state index contributed by atoms with van der Waals surface area (Å²) < 4.78 is 11.6. The largest absolute Gasteiger partial charge is 0.455 e. The molecule has 0 aliphatic carbocycles. The molecule has 4 nitrogen and oxygen atoms in total. The lowest BCUT2D eigenvalue weighted by Gasteiger charge is -2.31. The van der Waals surface area contributed by atoms with Gasteiger partial charge in [-0.15, -0.1) is 0 Å². The molecule has 49 heavy (non-hydrogen) atoms. The Balaban J connectivity index is 1.42. The molecule has 7 aromatic rings. The first-order valence-electron chi connectivity index (χ1n) is 17.3. The first kappa shape index (κ1) is 29.6. The van der Waals surface area contributed by atoms with Crippen molar-refractivity contribution < 1.29 is 8.98 Å². The quantitative estimate of drug-likeness (QED) is 0.174. The van der Waals surface area contributed by atoms with Crippen LogP contribution in [-0.2, 0) is 11.8 Å². The molecule has 0 amide bonds. The van der Waals surface area contributed by atoms with Crippen molar-refractivity contribution in [3.8, 4) is 17.1 Å². The average Bonchev–Trinajstić information content (AvgIpc) is 3.66. The Labute approximate surface area is 287 Å². The van der Waals surface area contributed by atoms with E-state index in [1.165, 1.54) is 27.8 Å². The molecule has 240 valence electrons. The molecule has 0 saturated carbocycles. The average molecular weight is 639 g/mol. The highest BCUT2D eigenvalue weighted by Gasteiger charge is 2.41. The molecule has 0 fully saturated rings. The summed E-state index contributed by atoms with van der Waals surface area (Å²) in [5.74, 6) is 1.19. The highest BCUT2D eigenvalue weighted by atomic mass is 16.3. The van der Waals surface area contributed by atoms with Crippen LogP contribution in [0.1, 0.15) is 60.9 Å². The van der Waals surface area contributed by atoms with Gasteiger partial charge < -0.3 is 4.42 Å². The molecule has 9 rings (SSSR count). The minimum Gasteiger partial charge on any atom is -0.455 e. The van der Waals surface area contributed by atoms with Crippen molar-refractivity contribution in [2.45, 2.75) is 57.9 Å². The predicted octanol–water partition coefficient (Wildman–Crippen LogP) is 10.6. The fourth-order valence-corrected chi connectivity index (χ4v) is 8.26. The van der Waals surface area contributed by atoms with Crippen LogP contribution in [0, 0.1) is 6.92 Å². The monoisotopic (exact) mass is 638 g/mol. The van der Waals surface area contributed by atoms with Crippen LogP contribution in [0.3, 0.4) is 0 Å². The predicted molar refractivity (Wildman–Crippen MR) is 203 cm³/mol. The molecule has 2 aromatic heterocycles. The van der Waals surface area contributed by atoms with E-state index in [2.05, 4.69) is 140 Å². The highest BCUT2D eigenvalue weighted by molar-refractivity contribution is 6.11. The van der Waals surface area contributed by atoms with Crippen molar-refractivity contribution in [3.05, 3.63) is 150 Å². The van der Waals surface area contributed by atoms with Crippen LogP contribution in [0.15, 0.2) is 132 Å². The Kier molecular flexibility index (Phi) is 6.51. The maximum atomic E-state index is 6.86. The summed E-state index contributed by atoms with van der Waals surface area (Å²) in [6.45, 7) is 18.1. The summed E-state index contributed by atoms with van der Waals surface area (Å²) in [5, 5.41) is 2.25. The minimum absolute atomic E-state index is 0.0474. The lowest BCUT2D eigenvalue weighted by molar-refractivity contribution is -0.543. The molecule has 0 spiro atoms. The van der Waals surface area contributed by atoms with Gasteiger partial charge in [0.25, 0.3) is 0 Å². The van der Waals surface area contributed by atoms with Gasteiger partial charge >= 0.3 is 5.82 Å². The molecule has 2 unspecified atom stereocenters. The maximum Gasteiger partial charge on any atom is 0.304 e. The number of hydrogen-bond donors (Lipinski definition) is 0. The molecular weight excluding hydrogens is 599 g/mol. The third-order valence-electron chi connectivity index (χ3n) is 10.7. The summed E-state index contributed by atoms with van der Waals surface area (Å²) in [6, 6.07) is 37.3. The van der Waals surface area contributed by atoms with Crippen LogP contribution < -0.4 is 4.57 Å². The standard InChI is InChI=1S/C45H40N3O/c1-7-37-36-26-27(2)16-23-32(36)34-24-17-29-18-25-35-33-12-8-11-15-40(33)49-43(35)41(29)44-47(28(3)42(34)46-37)38-13-9-10-14-39(38)48(44)31-21-19-30(20-22-31)45(4,5)6/h7-16,18-23,25-26,34,42H,1,3,17,24H2,2,4-6H3/q+1. The SMILES string of the molecule is C=CC1=NC2C(=C)[n+]3c(n(-c4ccc(C(C)(C)C)cc4)c4ccccc43)-c3c(ccc4c3oc3ccccc34)CCC2c2ccc(C)cc21. The van der Waals surface area contributed by atoms with E-state index >= 15 is 0 Å². The van der Waals surface area contributed by atoms with Crippen LogP contribution in [-0.4, -0.2) is 16.3 Å². The number of para-hydroxylation sites is 3. The van der Waals surface area contributed by atoms with Crippen molar-refractivity contribution in [1.29, 1.82) is 0 Å². The smallest absolute Gasteiger partial charge is 0.304 e. The number of aliphatic imine (C=N–C) groups is 1. The Hall–Kier alpha value is -5.48. The van der Waals surface area contributed by atoms with Crippen molar-refractivity contribution in [1.82, 2.24) is 4.57 Å². The molecule has 2 atom stereocenters. The lowest BCUT2D eigenvalue weighted by Crippen LogP contribution is -2.42. The second kappa shape index (κ2) is 10.8. The topological polar surface area (TPSA) is 34.3 Å². The number of nitrogens with zero attached hydrogens (tertiary/aromatic N) is 3. The molecule has 0 N–H and O–H groups in total. The zero-order valence-electron chi connectivity index (χ0n) is 28.6. The number of furan rings is 1. The van der Waals surface area contributed by atoms with Gasteiger partial charge in [0.05, 0.1) is 5.71 Å². The summed E-state index contributed by atoms with van der Waals surface area (Å²) in [7, 11) is 0. The molecule has 0 bridgehead atoms. The summed E-state index contributed by atoms with van der Waals surface area (Å²) in [5.41, 5.74) is 14.4. The van der Waals surface area contributed by atoms with Gasteiger partial charge in [-0.3, -0.25) is 4.99 Å².